The van der Waals surface area contributed by atoms with Crippen LogP contribution in [0, 0.1) is 11.8 Å². The maximum absolute atomic E-state index is 12.9. The van der Waals surface area contributed by atoms with E-state index in [9.17, 15) is 9.90 Å². The van der Waals surface area contributed by atoms with Gasteiger partial charge in [-0.3, -0.25) is 4.98 Å². The summed E-state index contributed by atoms with van der Waals surface area (Å²) in [5.41, 5.74) is 4.44. The van der Waals surface area contributed by atoms with Gasteiger partial charge in [0, 0.05) is 23.1 Å². The summed E-state index contributed by atoms with van der Waals surface area (Å²) in [6.45, 7) is 5.41. The van der Waals surface area contributed by atoms with E-state index in [1.807, 2.05) is 12.3 Å². The summed E-state index contributed by atoms with van der Waals surface area (Å²) < 4.78 is 18.1. The van der Waals surface area contributed by atoms with Gasteiger partial charge < -0.3 is 24.6 Å². The number of aliphatic carboxylic acids is 1. The van der Waals surface area contributed by atoms with E-state index in [1.54, 1.807) is 18.2 Å². The first kappa shape index (κ1) is 30.5. The normalized spacial score (nSPS) is 27.1. The maximum atomic E-state index is 12.9. The molecule has 7 rings (SSSR count). The van der Waals surface area contributed by atoms with Gasteiger partial charge >= 0.3 is 5.97 Å². The van der Waals surface area contributed by atoms with E-state index < -0.39 is 11.5 Å². The average Bonchev–Trinajstić information content (AvgIpc) is 3.60. The monoisotopic (exact) mass is 650 g/mol. The van der Waals surface area contributed by atoms with E-state index in [0.29, 0.717) is 52.9 Å². The lowest BCUT2D eigenvalue weighted by Crippen LogP contribution is -2.53. The largest absolute Gasteiger partial charge is 0.493 e. The van der Waals surface area contributed by atoms with Crippen LogP contribution in [0.15, 0.2) is 42.6 Å². The molecule has 1 spiro atoms. The third kappa shape index (κ3) is 5.50. The van der Waals surface area contributed by atoms with Crippen LogP contribution in [0.25, 0.3) is 0 Å². The molecule has 9 heteroatoms. The van der Waals surface area contributed by atoms with Crippen LogP contribution >= 0.6 is 23.2 Å². The number of carboxylic acid groups (broad SMARTS) is 1. The Bertz CT molecular complexity index is 1620. The molecule has 0 bridgehead atoms. The molecule has 238 valence electrons. The topological polar surface area (TPSA) is 89.9 Å². The number of rotatable bonds is 8. The molecule has 4 aliphatic rings. The van der Waals surface area contributed by atoms with Crippen LogP contribution in [0.1, 0.15) is 87.1 Å². The number of hydrogen-bond acceptors (Lipinski definition) is 6. The molecule has 1 aliphatic heterocycles. The zero-order chi connectivity index (χ0) is 31.3. The lowest BCUT2D eigenvalue weighted by molar-refractivity contribution is -0.144. The number of anilines is 1. The van der Waals surface area contributed by atoms with Gasteiger partial charge in [0.05, 0.1) is 16.7 Å². The van der Waals surface area contributed by atoms with Crippen molar-refractivity contribution in [1.82, 2.24) is 4.98 Å². The summed E-state index contributed by atoms with van der Waals surface area (Å²) in [5, 5.41) is 14.7. The third-order valence-electron chi connectivity index (χ3n) is 10.9. The summed E-state index contributed by atoms with van der Waals surface area (Å²) in [6.07, 6.45) is 9.61. The number of aryl methyl sites for hydroxylation is 1. The number of hydrogen-bond donors (Lipinski definition) is 2. The Morgan fingerprint density at radius 3 is 2.64 bits per heavy atom. The molecule has 1 saturated carbocycles. The molecule has 3 aliphatic carbocycles. The number of nitrogens with one attached hydrogen (secondary N) is 1. The number of carboxylic acids is 1. The molecular formula is C36H40Cl2N2O5. The second kappa shape index (κ2) is 11.9. The fourth-order valence-electron chi connectivity index (χ4n) is 8.50. The van der Waals surface area contributed by atoms with Gasteiger partial charge in [0.1, 0.15) is 11.3 Å². The highest BCUT2D eigenvalue weighted by atomic mass is 35.5. The van der Waals surface area contributed by atoms with Crippen molar-refractivity contribution >= 4 is 34.9 Å². The summed E-state index contributed by atoms with van der Waals surface area (Å²) in [6, 6.07) is 11.5. The fourth-order valence-corrected chi connectivity index (χ4v) is 8.80. The molecule has 2 N–H and O–H groups in total. The van der Waals surface area contributed by atoms with Gasteiger partial charge in [-0.1, -0.05) is 37.0 Å². The molecule has 0 saturated heterocycles. The molecule has 3 atom stereocenters. The molecule has 7 nitrogen and oxygen atoms in total. The Balaban J connectivity index is 1.13. The first-order valence-corrected chi connectivity index (χ1v) is 16.9. The highest BCUT2D eigenvalue weighted by Gasteiger charge is 2.54. The molecule has 1 aromatic heterocycles. The molecule has 0 radical (unpaired) electrons. The van der Waals surface area contributed by atoms with E-state index in [4.69, 9.17) is 37.4 Å². The Kier molecular flexibility index (Phi) is 8.06. The molecule has 3 aromatic rings. The second-order valence-electron chi connectivity index (χ2n) is 13.7. The van der Waals surface area contributed by atoms with Gasteiger partial charge in [-0.2, -0.15) is 0 Å². The van der Waals surface area contributed by atoms with Crippen molar-refractivity contribution < 1.29 is 24.1 Å². The number of benzene rings is 2. The fraction of sp³-hybridized carbons (Fsp3) is 0.500. The first-order chi connectivity index (χ1) is 21.7. The molecule has 0 unspecified atom stereocenters. The van der Waals surface area contributed by atoms with Gasteiger partial charge in [-0.15, -0.1) is 0 Å². The highest BCUT2D eigenvalue weighted by molar-refractivity contribution is 6.42. The van der Waals surface area contributed by atoms with Gasteiger partial charge in [0.25, 0.3) is 0 Å². The van der Waals surface area contributed by atoms with Crippen molar-refractivity contribution in [2.75, 3.05) is 18.7 Å². The number of ether oxygens (including phenoxy) is 3. The van der Waals surface area contributed by atoms with Crippen LogP contribution in [0.5, 0.6) is 17.2 Å². The predicted molar refractivity (Wildman–Crippen MR) is 175 cm³/mol. The zero-order valence-electron chi connectivity index (χ0n) is 25.8. The van der Waals surface area contributed by atoms with E-state index >= 15 is 0 Å². The first-order valence-electron chi connectivity index (χ1n) is 16.2. The molecular weight excluding hydrogens is 611 g/mol. The molecule has 2 aromatic carbocycles. The minimum Gasteiger partial charge on any atom is -0.493 e. The van der Waals surface area contributed by atoms with Crippen LogP contribution in [0.2, 0.25) is 10.0 Å². The lowest BCUT2D eigenvalue weighted by Gasteiger charge is -2.47. The van der Waals surface area contributed by atoms with Crippen molar-refractivity contribution in [2.45, 2.75) is 88.5 Å². The van der Waals surface area contributed by atoms with Gasteiger partial charge in [-0.05, 0) is 128 Å². The third-order valence-corrected chi connectivity index (χ3v) is 11.6. The molecule has 2 heterocycles. The number of fused-ring (bicyclic) bond motifs is 4. The minimum absolute atomic E-state index is 0.160. The Hall–Kier alpha value is -3.16. The SMILES string of the molecule is C[C@@H](COc1ccnc2c1[C@H](C)CCC2)C[C@H]1Cc2cc3c(cc2C12CCC(Nc1ccc(Cl)c(Cl)c1)(C(=O)O)CC2)OCO3. The summed E-state index contributed by atoms with van der Waals surface area (Å²) in [5.74, 6) is 2.83. The van der Waals surface area contributed by atoms with Crippen LogP contribution in [-0.2, 0) is 23.1 Å². The van der Waals surface area contributed by atoms with E-state index in [-0.39, 0.29) is 12.2 Å². The summed E-state index contributed by atoms with van der Waals surface area (Å²) >= 11 is 12.4. The van der Waals surface area contributed by atoms with Crippen molar-refractivity contribution in [3.63, 3.8) is 0 Å². The minimum atomic E-state index is -1.10. The van der Waals surface area contributed by atoms with Crippen LogP contribution in [0.4, 0.5) is 5.69 Å². The number of nitrogens with zero attached hydrogens (tertiary/aromatic N) is 1. The predicted octanol–water partition coefficient (Wildman–Crippen LogP) is 8.58. The van der Waals surface area contributed by atoms with Crippen LogP contribution in [0.3, 0.4) is 0 Å². The number of aromatic nitrogens is 1. The number of halogens is 2. The van der Waals surface area contributed by atoms with Crippen molar-refractivity contribution in [2.24, 2.45) is 11.8 Å². The molecule has 1 fully saturated rings. The van der Waals surface area contributed by atoms with Crippen molar-refractivity contribution in [1.29, 1.82) is 0 Å². The Morgan fingerprint density at radius 2 is 1.89 bits per heavy atom. The van der Waals surface area contributed by atoms with Crippen LogP contribution in [-0.4, -0.2) is 35.0 Å². The standard InChI is InChI=1S/C36H40Cl2N2O5/c1-21(19-43-30-8-13-39-29-5-3-4-22(2)33(29)30)14-24-15-23-16-31-32(45-20-44-31)18-26(23)35(24)9-11-36(12-10-35,34(41)42)40-25-6-7-27(37)28(38)17-25/h6-8,13,16-18,21-22,24,40H,3-5,9-12,14-15,19-20H2,1-2H3,(H,41,42)/t21-,22-,24+,35?,36?/m1/s1. The van der Waals surface area contributed by atoms with Crippen molar-refractivity contribution in [3.8, 4) is 17.2 Å². The highest BCUT2D eigenvalue weighted by Crippen LogP contribution is 2.58. The lowest BCUT2D eigenvalue weighted by atomic mass is 9.59. The van der Waals surface area contributed by atoms with Crippen LogP contribution < -0.4 is 19.5 Å². The van der Waals surface area contributed by atoms with E-state index in [0.717, 1.165) is 49.4 Å². The maximum Gasteiger partial charge on any atom is 0.329 e. The quantitative estimate of drug-likeness (QED) is 0.252. The molecule has 0 amide bonds. The number of carbonyl (C=O) groups is 1. The van der Waals surface area contributed by atoms with E-state index in [1.165, 1.54) is 35.2 Å². The number of pyridine rings is 1. The molecule has 45 heavy (non-hydrogen) atoms. The van der Waals surface area contributed by atoms with E-state index in [2.05, 4.69) is 36.3 Å². The Labute approximate surface area is 274 Å². The smallest absolute Gasteiger partial charge is 0.329 e. The van der Waals surface area contributed by atoms with Gasteiger partial charge in [-0.25, -0.2) is 4.79 Å². The van der Waals surface area contributed by atoms with Crippen molar-refractivity contribution in [3.05, 3.63) is 75.0 Å². The van der Waals surface area contributed by atoms with Gasteiger partial charge in [0.15, 0.2) is 11.5 Å². The second-order valence-corrected chi connectivity index (χ2v) is 14.5. The Morgan fingerprint density at radius 1 is 1.11 bits per heavy atom. The zero-order valence-corrected chi connectivity index (χ0v) is 27.3. The summed E-state index contributed by atoms with van der Waals surface area (Å²) in [4.78, 5) is 17.5. The van der Waals surface area contributed by atoms with Gasteiger partial charge in [0.2, 0.25) is 6.79 Å². The average molecular weight is 652 g/mol. The summed E-state index contributed by atoms with van der Waals surface area (Å²) in [7, 11) is 0.